The minimum Gasteiger partial charge on any atom is -0.356 e. The largest absolute Gasteiger partial charge is 0.405 e. The number of amides is 5. The number of carbonyl (C=O) groups is 5. The predicted octanol–water partition coefficient (Wildman–Crippen LogP) is 14.9. The van der Waals surface area contributed by atoms with Gasteiger partial charge < -0.3 is 78.1 Å². The van der Waals surface area contributed by atoms with Crippen molar-refractivity contribution in [3.8, 4) is 56.9 Å². The summed E-state index contributed by atoms with van der Waals surface area (Å²) >= 11 is 12.1. The number of hydrogen-bond acceptors (Lipinski definition) is 25. The fraction of sp³-hybridized carbons (Fsp3) is 0.318. The number of alkyl halides is 6. The first-order valence-electron chi connectivity index (χ1n) is 42.2. The molecule has 0 aliphatic heterocycles. The Morgan fingerprint density at radius 2 is 0.810 bits per heavy atom. The number of aromatic amines is 5. The van der Waals surface area contributed by atoms with Crippen molar-refractivity contribution in [2.45, 2.75) is 147 Å². The third-order valence-corrected chi connectivity index (χ3v) is 22.0. The number of aromatic nitrogens is 20. The molecule has 18 rings (SSSR count). The second kappa shape index (κ2) is 40.2. The number of pyridine rings is 5. The van der Waals surface area contributed by atoms with Gasteiger partial charge in [0.05, 0.1) is 53.8 Å². The highest BCUT2D eigenvalue weighted by Gasteiger charge is 2.53. The fourth-order valence-electron chi connectivity index (χ4n) is 13.9. The summed E-state index contributed by atoms with van der Waals surface area (Å²) in [5.74, 6) is -4.34. The highest BCUT2D eigenvalue weighted by atomic mass is 35.5. The van der Waals surface area contributed by atoms with Crippen molar-refractivity contribution in [3.05, 3.63) is 179 Å². The van der Waals surface area contributed by atoms with E-state index in [1.807, 2.05) is 54.5 Å². The molecule has 49 heteroatoms. The SMILES string of the molecule is CC(C)NC(=O)C(C)(C)Nc1ccnc(-c2c[nH]c3ncc(Cl)cc23)n1.CCNC(=O)C1(Nc2nc(-c3c[nH]c4ncc(F)cc34)ncc2F)CC1.Cc1nc(-c2c[nH]c3ncc(Cl)cc23)nc(NC(C)(C)C(=O)NCCF)c1C.O=C(NCC(F)(F)F)C1(Nc2nc(-c3c[nH]c4ncc(F)cc34)ncc2F)CC1.O=C(NCC(F)F)C1(Nc2nc(-c3c[nH]c4ncc(F)cc34)ncc2F)CC1. The molecule has 0 saturated heterocycles. The van der Waals surface area contributed by atoms with Crippen molar-refractivity contribution in [2.75, 3.05) is 59.4 Å². The molecule has 3 fully saturated rings. The van der Waals surface area contributed by atoms with Gasteiger partial charge in [0.1, 0.15) is 98.2 Å². The number of hydrogen-bond donors (Lipinski definition) is 15. The summed E-state index contributed by atoms with van der Waals surface area (Å²) in [5.41, 5.74) is 1.85. The summed E-state index contributed by atoms with van der Waals surface area (Å²) in [4.78, 5) is 138. The molecular weight excluding hydrogens is 1860 g/mol. The molecular formula is C88H86Cl2F12N30O5. The molecule has 0 spiro atoms. The average molecular weight is 1940 g/mol. The van der Waals surface area contributed by atoms with Gasteiger partial charge in [-0.15, -0.1) is 0 Å². The number of likely N-dealkylation sites (N-methyl/N-ethyl adjacent to an activating group) is 1. The van der Waals surface area contributed by atoms with E-state index in [0.29, 0.717) is 127 Å². The van der Waals surface area contributed by atoms with E-state index in [0.717, 1.165) is 70.3 Å². The van der Waals surface area contributed by atoms with Gasteiger partial charge in [-0.25, -0.2) is 114 Å². The van der Waals surface area contributed by atoms with Gasteiger partial charge in [-0.2, -0.15) is 13.2 Å². The maximum atomic E-state index is 14.2. The zero-order chi connectivity index (χ0) is 98.4. The molecule has 0 radical (unpaired) electrons. The number of nitrogens with zero attached hydrogens (tertiary/aromatic N) is 15. The van der Waals surface area contributed by atoms with Gasteiger partial charge in [0, 0.05) is 135 Å². The Bertz CT molecular complexity index is 7040. The van der Waals surface area contributed by atoms with E-state index in [9.17, 15) is 76.7 Å². The lowest BCUT2D eigenvalue weighted by Crippen LogP contribution is -2.50. The Morgan fingerprint density at radius 3 is 1.19 bits per heavy atom. The second-order valence-corrected chi connectivity index (χ2v) is 34.1. The van der Waals surface area contributed by atoms with E-state index in [1.165, 1.54) is 30.6 Å². The van der Waals surface area contributed by atoms with Gasteiger partial charge in [-0.05, 0) is 137 Å². The molecule has 15 aromatic rings. The summed E-state index contributed by atoms with van der Waals surface area (Å²) < 4.78 is 157. The summed E-state index contributed by atoms with van der Waals surface area (Å²) in [6.45, 7) is 14.0. The molecule has 0 bridgehead atoms. The Balaban J connectivity index is 0.000000137. The van der Waals surface area contributed by atoms with Crippen LogP contribution in [0.5, 0.6) is 0 Å². The first-order valence-corrected chi connectivity index (χ1v) is 43.0. The van der Waals surface area contributed by atoms with Crippen LogP contribution in [0.15, 0.2) is 123 Å². The molecule has 716 valence electrons. The monoisotopic (exact) mass is 1940 g/mol. The van der Waals surface area contributed by atoms with Crippen molar-refractivity contribution in [1.82, 2.24) is 126 Å². The number of rotatable bonds is 27. The van der Waals surface area contributed by atoms with Crippen LogP contribution in [0.2, 0.25) is 10.0 Å². The zero-order valence-electron chi connectivity index (χ0n) is 74.0. The van der Waals surface area contributed by atoms with E-state index in [1.54, 1.807) is 68.5 Å². The van der Waals surface area contributed by atoms with E-state index in [4.69, 9.17) is 23.2 Å². The maximum Gasteiger partial charge on any atom is 0.405 e. The van der Waals surface area contributed by atoms with Crippen molar-refractivity contribution in [1.29, 1.82) is 0 Å². The summed E-state index contributed by atoms with van der Waals surface area (Å²) in [5, 5.41) is 30.6. The lowest BCUT2D eigenvalue weighted by Gasteiger charge is -2.27. The van der Waals surface area contributed by atoms with E-state index >= 15 is 0 Å². The minimum absolute atomic E-state index is 0.0269. The van der Waals surface area contributed by atoms with Crippen LogP contribution < -0.4 is 53.2 Å². The molecule has 15 aromatic heterocycles. The van der Waals surface area contributed by atoms with Gasteiger partial charge in [0.25, 0.3) is 6.43 Å². The predicted molar refractivity (Wildman–Crippen MR) is 486 cm³/mol. The van der Waals surface area contributed by atoms with Crippen molar-refractivity contribution in [2.24, 2.45) is 0 Å². The first-order chi connectivity index (χ1) is 65.0. The minimum atomic E-state index is -4.56. The number of halogens is 14. The number of fused-ring (bicyclic) bond motifs is 5. The Morgan fingerprint density at radius 1 is 0.445 bits per heavy atom. The Hall–Kier alpha value is -15.1. The number of H-pyrrole nitrogens is 5. The van der Waals surface area contributed by atoms with Crippen LogP contribution in [0, 0.1) is 48.8 Å². The van der Waals surface area contributed by atoms with Gasteiger partial charge in [0.15, 0.2) is 64.0 Å². The smallest absolute Gasteiger partial charge is 0.356 e. The van der Waals surface area contributed by atoms with E-state index in [-0.39, 0.29) is 78.1 Å². The Labute approximate surface area is 779 Å². The molecule has 15 heterocycles. The number of carbonyl (C=O) groups excluding carboxylic acids is 5. The molecule has 35 nitrogen and oxygen atoms in total. The van der Waals surface area contributed by atoms with E-state index < -0.39 is 107 Å². The number of anilines is 5. The lowest BCUT2D eigenvalue weighted by molar-refractivity contribution is -0.139. The Kier molecular flexibility index (Phi) is 28.8. The van der Waals surface area contributed by atoms with E-state index in [2.05, 4.69) is 148 Å². The van der Waals surface area contributed by atoms with Gasteiger partial charge in [0.2, 0.25) is 29.5 Å². The molecule has 15 N–H and O–H groups in total. The van der Waals surface area contributed by atoms with Gasteiger partial charge in [-0.1, -0.05) is 23.2 Å². The third-order valence-electron chi connectivity index (χ3n) is 21.6. The molecule has 137 heavy (non-hydrogen) atoms. The highest BCUT2D eigenvalue weighted by molar-refractivity contribution is 6.31. The van der Waals surface area contributed by atoms with Crippen molar-refractivity contribution >= 4 is 137 Å². The molecule has 0 atom stereocenters. The highest BCUT2D eigenvalue weighted by Crippen LogP contribution is 2.44. The number of aryl methyl sites for hydroxylation is 1. The quantitative estimate of drug-likeness (QED) is 0.0213. The third kappa shape index (κ3) is 23.1. The summed E-state index contributed by atoms with van der Waals surface area (Å²) in [6, 6.07) is 9.18. The zero-order valence-corrected chi connectivity index (χ0v) is 75.5. The van der Waals surface area contributed by atoms with Crippen LogP contribution in [0.3, 0.4) is 0 Å². The van der Waals surface area contributed by atoms with Gasteiger partial charge in [-0.3, -0.25) is 24.0 Å². The normalized spacial score (nSPS) is 13.8. The second-order valence-electron chi connectivity index (χ2n) is 33.3. The van der Waals surface area contributed by atoms with Crippen LogP contribution in [0.25, 0.3) is 112 Å². The van der Waals surface area contributed by atoms with Crippen LogP contribution in [0.1, 0.15) is 98.2 Å². The molecule has 3 aliphatic carbocycles. The molecule has 0 unspecified atom stereocenters. The first kappa shape index (κ1) is 98.0. The number of nitrogens with one attached hydrogen (secondary N) is 15. The molecule has 3 aliphatic rings. The van der Waals surface area contributed by atoms with Crippen LogP contribution in [-0.4, -0.2) is 208 Å². The molecule has 3 saturated carbocycles. The van der Waals surface area contributed by atoms with Crippen LogP contribution >= 0.6 is 23.2 Å². The van der Waals surface area contributed by atoms with Crippen molar-refractivity contribution in [3.63, 3.8) is 0 Å². The standard InChI is InChI=1S/C19H22ClFN6O.C18H21ClN6O.C17H13F5N6O.C17H14F4N6O.C17H16F2N6O/c1-10-11(2)25-17(14-9-24-16-13(14)7-12(20)8-23-16)26-15(10)27-19(3,4)18(28)22-6-5-21;1-10(2)23-17(26)18(3,4)25-14-5-6-20-16(24-14)13-9-22-15-12(13)7-11(19)8-21-15;18-8-3-9-10(5-24-12(9)23-4-8)13-25-6-11(19)14(27-13)28-16(1-2-16)15(29)26-7-17(20,21)22;18-8-3-9-10(5-23-13(9)22-4-8)14-24-6-11(19)15(26-14)27-17(1-2-17)16(28)25-7-12(20)21;1-2-20-16(26)17(3-4-17)25-15-12(19)8-23-14(24-15)11-7-22-13-10(11)5-9(18)6-21-13/h7-9H,5-6H2,1-4H3,(H,22,28)(H,23,24)(H,25,26,27);5-10H,1-4H3,(H,21,22)(H,23,26)(H,20,24,25);3-6H,1-2,7H2,(H,23,24)(H,26,29)(H,25,27,28);3-6,12H,1-2,7H2,(H,22,23)(H,25,28)(H,24,26,27);5-8H,2-4H2,1H3,(H,20,26)(H,21,22)(H,23,24,25). The molecule has 0 aromatic carbocycles. The van der Waals surface area contributed by atoms with Crippen LogP contribution in [0.4, 0.5) is 81.8 Å². The summed E-state index contributed by atoms with van der Waals surface area (Å²) in [7, 11) is 0. The lowest BCUT2D eigenvalue weighted by atomic mass is 10.0. The van der Waals surface area contributed by atoms with Crippen molar-refractivity contribution < 1.29 is 76.7 Å². The van der Waals surface area contributed by atoms with Crippen LogP contribution in [-0.2, 0) is 24.0 Å². The molecule has 5 amide bonds. The maximum absolute atomic E-state index is 14.2. The van der Waals surface area contributed by atoms with Gasteiger partial charge >= 0.3 is 6.18 Å². The fourth-order valence-corrected chi connectivity index (χ4v) is 14.2. The summed E-state index contributed by atoms with van der Waals surface area (Å²) in [6.07, 6.45) is 14.0. The average Bonchev–Trinajstić information content (AvgIpc) is 1.62. The topological polar surface area (TPSA) is 478 Å².